The van der Waals surface area contributed by atoms with Crippen LogP contribution in [0.5, 0.6) is 5.75 Å². The quantitative estimate of drug-likeness (QED) is 0.486. The normalized spacial score (nSPS) is 17.7. The molecule has 0 radical (unpaired) electrons. The van der Waals surface area contributed by atoms with Crippen molar-refractivity contribution >= 4 is 29.0 Å². The second-order valence-corrected chi connectivity index (χ2v) is 9.13. The van der Waals surface area contributed by atoms with E-state index in [1.165, 1.54) is 0 Å². The van der Waals surface area contributed by atoms with Crippen LogP contribution in [0.4, 0.5) is 11.5 Å². The van der Waals surface area contributed by atoms with Crippen LogP contribution >= 0.6 is 11.6 Å². The highest BCUT2D eigenvalue weighted by Gasteiger charge is 2.41. The number of amides is 1. The second-order valence-electron chi connectivity index (χ2n) is 8.69. The summed E-state index contributed by atoms with van der Waals surface area (Å²) in [5.41, 5.74) is 10.5. The van der Waals surface area contributed by atoms with Crippen LogP contribution in [0.3, 0.4) is 0 Å². The molecule has 2 heterocycles. The number of aryl methyl sites for hydroxylation is 1. The Morgan fingerprint density at radius 1 is 1.28 bits per heavy atom. The van der Waals surface area contributed by atoms with E-state index < -0.39 is 5.91 Å². The fraction of sp³-hybridized carbons (Fsp3) is 0.280. The van der Waals surface area contributed by atoms with Crippen LogP contribution < -0.4 is 15.0 Å². The minimum Gasteiger partial charge on any atom is -0.493 e. The molecular weight excluding hydrogens is 424 g/mol. The van der Waals surface area contributed by atoms with Crippen LogP contribution in [0.2, 0.25) is 5.02 Å². The van der Waals surface area contributed by atoms with Crippen molar-refractivity contribution in [3.05, 3.63) is 82.1 Å². The minimum absolute atomic E-state index is 0.230. The van der Waals surface area contributed by atoms with Gasteiger partial charge in [0.2, 0.25) is 11.7 Å². The van der Waals surface area contributed by atoms with Crippen molar-refractivity contribution in [1.29, 1.82) is 0 Å². The zero-order valence-corrected chi connectivity index (χ0v) is 19.3. The van der Waals surface area contributed by atoms with Crippen LogP contribution in [0.25, 0.3) is 0 Å². The Kier molecular flexibility index (Phi) is 6.09. The summed E-state index contributed by atoms with van der Waals surface area (Å²) in [6.45, 7) is 7.35. The van der Waals surface area contributed by atoms with Crippen molar-refractivity contribution in [2.75, 3.05) is 6.61 Å². The Bertz CT molecular complexity index is 1170. The lowest BCUT2D eigenvalue weighted by Crippen LogP contribution is -2.43. The Labute approximate surface area is 193 Å². The van der Waals surface area contributed by atoms with Gasteiger partial charge in [0.25, 0.3) is 0 Å². The van der Waals surface area contributed by atoms with Gasteiger partial charge in [0.05, 0.1) is 23.9 Å². The predicted molar refractivity (Wildman–Crippen MR) is 128 cm³/mol. The highest BCUT2D eigenvalue weighted by Crippen LogP contribution is 2.45. The molecule has 0 bridgehead atoms. The number of primary amides is 1. The number of aromatic amines is 1. The highest BCUT2D eigenvalue weighted by atomic mass is 35.5. The summed E-state index contributed by atoms with van der Waals surface area (Å²) < 4.78 is 6.37. The maximum Gasteiger partial charge on any atom is 0.250 e. The van der Waals surface area contributed by atoms with Gasteiger partial charge in [-0.25, -0.2) is 9.58 Å². The molecule has 1 unspecified atom stereocenters. The minimum atomic E-state index is -0.428. The molecule has 3 aromatic rings. The molecule has 0 fully saturated rings. The summed E-state index contributed by atoms with van der Waals surface area (Å²) >= 11 is 6.40. The van der Waals surface area contributed by atoms with Gasteiger partial charge in [-0.2, -0.15) is 5.10 Å². The van der Waals surface area contributed by atoms with E-state index in [1.54, 1.807) is 6.20 Å². The number of nitrogens with zero attached hydrogens (tertiary/aromatic N) is 2. The monoisotopic (exact) mass is 451 g/mol. The van der Waals surface area contributed by atoms with Gasteiger partial charge in [0.1, 0.15) is 24.2 Å². The van der Waals surface area contributed by atoms with Crippen molar-refractivity contribution in [3.63, 3.8) is 0 Å². The third-order valence-electron chi connectivity index (χ3n) is 5.81. The van der Waals surface area contributed by atoms with Gasteiger partial charge in [0, 0.05) is 29.1 Å². The number of carbonyl (C=O) groups is 1. The first-order valence-electron chi connectivity index (χ1n) is 10.7. The van der Waals surface area contributed by atoms with Gasteiger partial charge >= 0.3 is 0 Å². The summed E-state index contributed by atoms with van der Waals surface area (Å²) in [5, 5.41) is 7.95. The van der Waals surface area contributed by atoms with E-state index in [9.17, 15) is 4.79 Å². The third-order valence-corrected chi connectivity index (χ3v) is 6.04. The van der Waals surface area contributed by atoms with Crippen LogP contribution in [-0.4, -0.2) is 22.7 Å². The molecule has 32 heavy (non-hydrogen) atoms. The fourth-order valence-electron chi connectivity index (χ4n) is 4.24. The Morgan fingerprint density at radius 2 is 2.09 bits per heavy atom. The number of hydrogen-bond donors (Lipinski definition) is 2. The molecule has 4 rings (SSSR count). The van der Waals surface area contributed by atoms with E-state index in [1.807, 2.05) is 36.5 Å². The van der Waals surface area contributed by atoms with Crippen molar-refractivity contribution in [3.8, 4) is 5.75 Å². The van der Waals surface area contributed by atoms with E-state index in [2.05, 4.69) is 43.1 Å². The molecule has 1 aromatic heterocycles. The zero-order chi connectivity index (χ0) is 22.9. The largest absolute Gasteiger partial charge is 0.493 e. The lowest BCUT2D eigenvalue weighted by molar-refractivity contribution is -0.114. The number of halogens is 1. The van der Waals surface area contributed by atoms with Crippen molar-refractivity contribution in [2.24, 2.45) is 11.7 Å². The fourth-order valence-corrected chi connectivity index (χ4v) is 4.43. The van der Waals surface area contributed by atoms with E-state index in [0.717, 1.165) is 33.9 Å². The predicted octanol–water partition coefficient (Wildman–Crippen LogP) is 5.17. The Morgan fingerprint density at radius 3 is 2.78 bits per heavy atom. The summed E-state index contributed by atoms with van der Waals surface area (Å²) in [7, 11) is 0. The zero-order valence-electron chi connectivity index (χ0n) is 18.6. The lowest BCUT2D eigenvalue weighted by Gasteiger charge is -2.38. The smallest absolute Gasteiger partial charge is 0.250 e. The summed E-state index contributed by atoms with van der Waals surface area (Å²) in [6.07, 6.45) is 4.15. The van der Waals surface area contributed by atoms with E-state index in [-0.39, 0.29) is 4.48 Å². The first-order chi connectivity index (χ1) is 15.3. The third kappa shape index (κ3) is 4.16. The molecular formula is C25H28ClN4O2+. The maximum atomic E-state index is 12.4. The molecule has 0 saturated heterocycles. The van der Waals surface area contributed by atoms with Crippen molar-refractivity contribution in [2.45, 2.75) is 33.7 Å². The molecule has 0 spiro atoms. The van der Waals surface area contributed by atoms with Gasteiger partial charge in [-0.3, -0.25) is 4.79 Å². The van der Waals surface area contributed by atoms with Gasteiger partial charge in [-0.1, -0.05) is 37.6 Å². The average molecular weight is 452 g/mol. The number of aromatic nitrogens is 2. The topological polar surface area (TPSA) is 81.0 Å². The van der Waals surface area contributed by atoms with Crippen LogP contribution in [0.15, 0.2) is 60.4 Å². The number of fused-ring (bicyclic) bond motifs is 1. The molecule has 166 valence electrons. The number of nitrogens with two attached hydrogens (primary N) is 1. The van der Waals surface area contributed by atoms with Gasteiger partial charge in [-0.15, -0.1) is 0 Å². The summed E-state index contributed by atoms with van der Waals surface area (Å²) in [4.78, 5) is 12.4. The van der Waals surface area contributed by atoms with Gasteiger partial charge in [0.15, 0.2) is 0 Å². The van der Waals surface area contributed by atoms with Gasteiger partial charge < -0.3 is 10.5 Å². The molecule has 0 saturated carbocycles. The molecule has 3 N–H and O–H groups in total. The summed E-state index contributed by atoms with van der Waals surface area (Å²) in [5.74, 6) is 1.55. The first-order valence-corrected chi connectivity index (χ1v) is 11.1. The Balaban J connectivity index is 1.94. The molecule has 1 aliphatic heterocycles. The average Bonchev–Trinajstić information content (AvgIpc) is 3.29. The van der Waals surface area contributed by atoms with Gasteiger partial charge in [-0.05, 0) is 36.6 Å². The molecule has 7 heteroatoms. The number of carbonyl (C=O) groups excluding carboxylic acids is 1. The van der Waals surface area contributed by atoms with Crippen LogP contribution in [0.1, 0.15) is 30.5 Å². The molecule has 1 atom stereocenters. The van der Waals surface area contributed by atoms with Crippen LogP contribution in [-0.2, 0) is 17.8 Å². The molecule has 2 aromatic carbocycles. The number of quaternary nitrogens is 1. The van der Waals surface area contributed by atoms with Crippen molar-refractivity contribution in [1.82, 2.24) is 14.7 Å². The SMILES string of the molecule is Cc1cccc2c1CC(C(N)=O)=C[N+]2(Cc1cc(Cl)ccc1OCC(C)C)c1ccn[nH]1. The van der Waals surface area contributed by atoms with Crippen LogP contribution in [0, 0.1) is 12.8 Å². The molecule has 1 aliphatic rings. The number of hydrogen-bond acceptors (Lipinski definition) is 3. The van der Waals surface area contributed by atoms with E-state index in [4.69, 9.17) is 22.1 Å². The number of rotatable bonds is 7. The highest BCUT2D eigenvalue weighted by molar-refractivity contribution is 6.30. The maximum absolute atomic E-state index is 12.4. The Hall–Kier alpha value is -3.09. The standard InChI is InChI=1S/C25H27ClN4O2/c1-16(2)15-32-23-8-7-20(26)11-18(23)13-30(24-9-10-28-29-24)14-19(25(27)31)12-21-17(3)5-4-6-22(21)30/h4-11,14,16H,12-13,15H2,1-3H3,(H2-,27,28,29,31)/p+1. The molecule has 0 aliphatic carbocycles. The first kappa shape index (κ1) is 22.1. The van der Waals surface area contributed by atoms with E-state index in [0.29, 0.717) is 36.1 Å². The summed E-state index contributed by atoms with van der Waals surface area (Å²) in [6, 6.07) is 13.8. The lowest BCUT2D eigenvalue weighted by atomic mass is 9.92. The number of benzene rings is 2. The van der Waals surface area contributed by atoms with Crippen molar-refractivity contribution < 1.29 is 9.53 Å². The number of nitrogens with one attached hydrogen (secondary N) is 1. The molecule has 6 nitrogen and oxygen atoms in total. The second kappa shape index (κ2) is 8.81. The number of ether oxygens (including phenoxy) is 1. The number of H-pyrrole nitrogens is 1. The van der Waals surface area contributed by atoms with E-state index >= 15 is 0 Å². The molecule has 1 amide bonds.